The summed E-state index contributed by atoms with van der Waals surface area (Å²) in [6.07, 6.45) is 5.94. The molecule has 4 aliphatic rings. The molecule has 0 radical (unpaired) electrons. The van der Waals surface area contributed by atoms with Gasteiger partial charge in [0.2, 0.25) is 5.91 Å². The Balaban J connectivity index is 1.82. The van der Waals surface area contributed by atoms with Crippen LogP contribution >= 0.6 is 0 Å². The van der Waals surface area contributed by atoms with Crippen molar-refractivity contribution in [2.45, 2.75) is 37.6 Å². The van der Waals surface area contributed by atoms with E-state index in [1.165, 1.54) is 7.11 Å². The second kappa shape index (κ2) is 5.63. The van der Waals surface area contributed by atoms with Gasteiger partial charge in [0.25, 0.3) is 0 Å². The van der Waals surface area contributed by atoms with Gasteiger partial charge in [0.05, 0.1) is 31.2 Å². The number of hydrogen-bond acceptors (Lipinski definition) is 5. The number of esters is 1. The van der Waals surface area contributed by atoms with E-state index in [1.54, 1.807) is 13.2 Å². The number of carbonyl (C=O) groups excluding carboxylic acids is 2. The van der Waals surface area contributed by atoms with Gasteiger partial charge in [-0.3, -0.25) is 4.79 Å². The van der Waals surface area contributed by atoms with E-state index < -0.39 is 5.41 Å². The highest BCUT2D eigenvalue weighted by molar-refractivity contribution is 5.95. The zero-order valence-corrected chi connectivity index (χ0v) is 16.4. The van der Waals surface area contributed by atoms with Crippen LogP contribution in [0, 0.1) is 5.41 Å². The second-order valence-corrected chi connectivity index (χ2v) is 8.13. The summed E-state index contributed by atoms with van der Waals surface area (Å²) in [5.74, 6) is 0.531. The van der Waals surface area contributed by atoms with Crippen LogP contribution in [0.2, 0.25) is 0 Å². The number of methoxy groups -OCH3 is 2. The van der Waals surface area contributed by atoms with Gasteiger partial charge in [-0.2, -0.15) is 0 Å². The Bertz CT molecular complexity index is 965. The van der Waals surface area contributed by atoms with Crippen LogP contribution in [-0.4, -0.2) is 43.6 Å². The van der Waals surface area contributed by atoms with Gasteiger partial charge < -0.3 is 19.7 Å². The van der Waals surface area contributed by atoms with E-state index in [-0.39, 0.29) is 23.3 Å². The Morgan fingerprint density at radius 3 is 2.89 bits per heavy atom. The molecule has 5 rings (SSSR count). The summed E-state index contributed by atoms with van der Waals surface area (Å²) in [5.41, 5.74) is 2.99. The first kappa shape index (κ1) is 17.3. The van der Waals surface area contributed by atoms with Gasteiger partial charge >= 0.3 is 5.97 Å². The Hall–Kier alpha value is -2.76. The lowest BCUT2D eigenvalue weighted by Crippen LogP contribution is -2.59. The molecule has 1 amide bonds. The van der Waals surface area contributed by atoms with Crippen molar-refractivity contribution in [1.29, 1.82) is 0 Å². The quantitative estimate of drug-likeness (QED) is 0.817. The number of benzene rings is 1. The van der Waals surface area contributed by atoms with Crippen LogP contribution < -0.4 is 10.1 Å². The molecule has 28 heavy (non-hydrogen) atoms. The number of carbonyl (C=O) groups is 2. The fourth-order valence-electron chi connectivity index (χ4n) is 6.01. The van der Waals surface area contributed by atoms with Crippen molar-refractivity contribution in [3.05, 3.63) is 47.2 Å². The summed E-state index contributed by atoms with van der Waals surface area (Å²) >= 11 is 0. The molecule has 146 valence electrons. The molecule has 0 bridgehead atoms. The summed E-state index contributed by atoms with van der Waals surface area (Å²) in [7, 11) is 3.07. The summed E-state index contributed by atoms with van der Waals surface area (Å²) in [4.78, 5) is 27.5. The zero-order chi connectivity index (χ0) is 19.7. The number of ether oxygens (including phenoxy) is 2. The fourth-order valence-corrected chi connectivity index (χ4v) is 6.01. The summed E-state index contributed by atoms with van der Waals surface area (Å²) in [6, 6.07) is 6.01. The van der Waals surface area contributed by atoms with Crippen molar-refractivity contribution in [3.63, 3.8) is 0 Å². The lowest BCUT2D eigenvalue weighted by Gasteiger charge is -2.53. The largest absolute Gasteiger partial charge is 0.497 e. The summed E-state index contributed by atoms with van der Waals surface area (Å²) in [6.45, 7) is 2.82. The third-order valence-electron chi connectivity index (χ3n) is 7.22. The van der Waals surface area contributed by atoms with Gasteiger partial charge in [-0.15, -0.1) is 0 Å². The van der Waals surface area contributed by atoms with Crippen LogP contribution in [-0.2, 0) is 19.7 Å². The Labute approximate surface area is 164 Å². The molecule has 6 heteroatoms. The molecule has 3 aliphatic heterocycles. The molecule has 1 aliphatic carbocycles. The van der Waals surface area contributed by atoms with Crippen LogP contribution in [0.25, 0.3) is 0 Å². The van der Waals surface area contributed by atoms with E-state index >= 15 is 0 Å². The molecule has 1 fully saturated rings. The van der Waals surface area contributed by atoms with Crippen molar-refractivity contribution in [3.8, 4) is 5.75 Å². The normalized spacial score (nSPS) is 31.9. The highest BCUT2D eigenvalue weighted by Crippen LogP contribution is 2.64. The smallest absolute Gasteiger partial charge is 0.335 e. The minimum Gasteiger partial charge on any atom is -0.497 e. The van der Waals surface area contributed by atoms with E-state index in [4.69, 9.17) is 9.47 Å². The van der Waals surface area contributed by atoms with E-state index in [0.29, 0.717) is 18.5 Å². The Morgan fingerprint density at radius 1 is 1.36 bits per heavy atom. The molecule has 3 atom stereocenters. The highest BCUT2D eigenvalue weighted by Gasteiger charge is 2.66. The number of hydrogen-bond donors (Lipinski definition) is 1. The van der Waals surface area contributed by atoms with E-state index in [0.717, 1.165) is 35.5 Å². The zero-order valence-electron chi connectivity index (χ0n) is 16.4. The maximum Gasteiger partial charge on any atom is 0.335 e. The topological polar surface area (TPSA) is 67.9 Å². The highest BCUT2D eigenvalue weighted by atomic mass is 16.5. The third kappa shape index (κ3) is 1.88. The lowest BCUT2D eigenvalue weighted by molar-refractivity contribution is -0.137. The molecule has 3 heterocycles. The predicted molar refractivity (Wildman–Crippen MR) is 104 cm³/mol. The van der Waals surface area contributed by atoms with E-state index in [2.05, 4.69) is 18.3 Å². The van der Waals surface area contributed by atoms with Gasteiger partial charge in [-0.25, -0.2) is 4.79 Å². The van der Waals surface area contributed by atoms with Crippen LogP contribution in [0.3, 0.4) is 0 Å². The molecular weight excluding hydrogens is 356 g/mol. The van der Waals surface area contributed by atoms with Crippen molar-refractivity contribution < 1.29 is 19.1 Å². The molecule has 1 spiro atoms. The van der Waals surface area contributed by atoms with E-state index in [1.807, 2.05) is 23.1 Å². The van der Waals surface area contributed by atoms with Crippen molar-refractivity contribution in [2.75, 3.05) is 26.1 Å². The van der Waals surface area contributed by atoms with Crippen LogP contribution in [0.1, 0.15) is 31.7 Å². The summed E-state index contributed by atoms with van der Waals surface area (Å²) in [5, 5.41) is 3.52. The van der Waals surface area contributed by atoms with E-state index in [9.17, 15) is 9.59 Å². The molecular formula is C22H24N2O4. The lowest BCUT2D eigenvalue weighted by atomic mass is 9.55. The molecule has 1 aromatic carbocycles. The number of rotatable bonds is 3. The van der Waals surface area contributed by atoms with Gasteiger partial charge in [0, 0.05) is 29.4 Å². The van der Waals surface area contributed by atoms with Crippen LogP contribution in [0.5, 0.6) is 5.75 Å². The second-order valence-electron chi connectivity index (χ2n) is 8.13. The van der Waals surface area contributed by atoms with Crippen molar-refractivity contribution >= 4 is 17.6 Å². The van der Waals surface area contributed by atoms with Gasteiger partial charge in [-0.05, 0) is 37.0 Å². The molecule has 3 unspecified atom stereocenters. The third-order valence-corrected chi connectivity index (χ3v) is 7.22. The van der Waals surface area contributed by atoms with Gasteiger partial charge in [0.15, 0.2) is 0 Å². The Kier molecular flexibility index (Phi) is 3.49. The number of nitrogens with one attached hydrogen (secondary N) is 1. The summed E-state index contributed by atoms with van der Waals surface area (Å²) < 4.78 is 10.6. The van der Waals surface area contributed by atoms with Gasteiger partial charge in [0.1, 0.15) is 5.75 Å². The SMILES string of the molecule is CCC12C=CC(=O)N3CCC4(C(=C(C(=O)OC)C1)Nc1cc(OC)ccc14)C32. The minimum atomic E-state index is -0.417. The van der Waals surface area contributed by atoms with Crippen LogP contribution in [0.4, 0.5) is 5.69 Å². The van der Waals surface area contributed by atoms with Crippen LogP contribution in [0.15, 0.2) is 41.6 Å². The molecule has 1 aromatic rings. The number of anilines is 1. The maximum atomic E-state index is 12.8. The molecule has 1 N–H and O–H groups in total. The van der Waals surface area contributed by atoms with Crippen molar-refractivity contribution in [1.82, 2.24) is 4.90 Å². The first-order valence-corrected chi connectivity index (χ1v) is 9.78. The standard InChI is InChI=1S/C22H24N2O4/c1-4-21-8-7-17(25)24-10-9-22(20(21)24)15-6-5-13(27-2)11-16(15)23-18(22)14(12-21)19(26)28-3/h5-8,11,20,23H,4,9-10,12H2,1-3H3. The molecule has 0 aromatic heterocycles. The number of amides is 1. The average Bonchev–Trinajstić information content (AvgIpc) is 3.29. The maximum absolute atomic E-state index is 12.8. The number of nitrogens with zero attached hydrogens (tertiary/aromatic N) is 1. The van der Waals surface area contributed by atoms with Crippen molar-refractivity contribution in [2.24, 2.45) is 5.41 Å². The molecule has 1 saturated heterocycles. The predicted octanol–water partition coefficient (Wildman–Crippen LogP) is 2.76. The van der Waals surface area contributed by atoms with Gasteiger partial charge in [-0.1, -0.05) is 19.1 Å². The monoisotopic (exact) mass is 380 g/mol. The molecule has 0 saturated carbocycles. The first-order valence-electron chi connectivity index (χ1n) is 9.78. The fraction of sp³-hybridized carbons (Fsp3) is 0.455. The first-order chi connectivity index (χ1) is 13.5. The average molecular weight is 380 g/mol. The Morgan fingerprint density at radius 2 is 2.18 bits per heavy atom. The minimum absolute atomic E-state index is 0.00643. The number of fused-ring (bicyclic) bond motifs is 1. The molecule has 6 nitrogen and oxygen atoms in total.